The molecule has 9 nitrogen and oxygen atoms in total. The van der Waals surface area contributed by atoms with E-state index in [-0.39, 0.29) is 5.54 Å². The molecule has 0 aliphatic heterocycles. The van der Waals surface area contributed by atoms with Gasteiger partial charge in [0.05, 0.1) is 75.5 Å². The Morgan fingerprint density at radius 1 is 0.337 bits per heavy atom. The molecular weight excluding hydrogens is 1220 g/mol. The van der Waals surface area contributed by atoms with Gasteiger partial charge in [0.15, 0.2) is 33.1 Å². The molecule has 472 valence electrons. The van der Waals surface area contributed by atoms with Crippen molar-refractivity contribution in [1.29, 1.82) is 0 Å². The molecule has 0 aliphatic rings. The smallest absolute Gasteiger partial charge is 0.236 e. The average molecular weight is 1300 g/mol. The molecule has 16 rings (SSSR count). The minimum Gasteiger partial charge on any atom is -0.236 e. The zero-order valence-corrected chi connectivity index (χ0v) is 59.7. The summed E-state index contributed by atoms with van der Waals surface area (Å²) >= 11 is 5.36. The molecule has 0 atom stereocenters. The largest absolute Gasteiger partial charge is 0.295 e. The van der Waals surface area contributed by atoms with Gasteiger partial charge in [0.1, 0.15) is 26.2 Å². The summed E-state index contributed by atoms with van der Waals surface area (Å²) in [5, 5.41) is 3.30. The van der Waals surface area contributed by atoms with Crippen LogP contribution >= 0.6 is 34.0 Å². The van der Waals surface area contributed by atoms with Crippen molar-refractivity contribution < 1.29 is 13.7 Å². The van der Waals surface area contributed by atoms with Crippen LogP contribution < -0.4 is 13.7 Å². The van der Waals surface area contributed by atoms with Gasteiger partial charge in [-0.05, 0) is 218 Å². The van der Waals surface area contributed by atoms with Gasteiger partial charge >= 0.3 is 0 Å². The lowest BCUT2D eigenvalue weighted by molar-refractivity contribution is -0.634. The van der Waals surface area contributed by atoms with Crippen LogP contribution in [0.2, 0.25) is 0 Å². The van der Waals surface area contributed by atoms with Gasteiger partial charge in [0.25, 0.3) is 17.5 Å². The number of rotatable bonds is 7. The molecule has 95 heavy (non-hydrogen) atoms. The molecule has 0 bridgehead atoms. The first kappa shape index (κ1) is 62.7. The summed E-state index contributed by atoms with van der Waals surface area (Å²) in [6, 6.07) is 69.6. The third-order valence-electron chi connectivity index (χ3n) is 19.0. The number of thiazole rings is 3. The molecule has 0 aliphatic carbocycles. The zero-order chi connectivity index (χ0) is 66.5. The van der Waals surface area contributed by atoms with Crippen LogP contribution in [0.25, 0.3) is 135 Å². The highest BCUT2D eigenvalue weighted by atomic mass is 32.1. The van der Waals surface area contributed by atoms with Crippen molar-refractivity contribution >= 4 is 97.8 Å². The molecule has 0 radical (unpaired) electrons. The van der Waals surface area contributed by atoms with E-state index in [4.69, 9.17) is 15.0 Å². The molecule has 0 amide bonds. The predicted octanol–water partition coefficient (Wildman–Crippen LogP) is 20.3. The Balaban J connectivity index is 0.000000123. The second-order valence-corrected chi connectivity index (χ2v) is 29.7. The fraction of sp³-hybridized carbons (Fsp3) is 0.205. The Hall–Kier alpha value is -9.72. The Kier molecular flexibility index (Phi) is 16.2. The van der Waals surface area contributed by atoms with Crippen LogP contribution in [0.5, 0.6) is 0 Å². The lowest BCUT2D eigenvalue weighted by Gasteiger charge is -2.19. The topological polar surface area (TPSA) is 65.1 Å². The molecule has 12 heteroatoms. The first-order valence-electron chi connectivity index (χ1n) is 32.6. The average Bonchev–Trinajstić information content (AvgIpc) is 1.59. The summed E-state index contributed by atoms with van der Waals surface area (Å²) in [4.78, 5) is 15.1. The van der Waals surface area contributed by atoms with E-state index in [9.17, 15) is 0 Å². The number of hydrogen-bond donors (Lipinski definition) is 0. The van der Waals surface area contributed by atoms with E-state index >= 15 is 0 Å². The van der Waals surface area contributed by atoms with E-state index in [1.807, 2.05) is 0 Å². The second-order valence-electron chi connectivity index (χ2n) is 26.6. The van der Waals surface area contributed by atoms with E-state index in [1.165, 1.54) is 148 Å². The van der Waals surface area contributed by atoms with Crippen LogP contribution in [0.15, 0.2) is 194 Å². The maximum atomic E-state index is 5.05. The van der Waals surface area contributed by atoms with E-state index in [1.54, 1.807) is 34.0 Å². The van der Waals surface area contributed by atoms with Crippen LogP contribution in [-0.2, 0) is 33.7 Å². The molecule has 0 spiro atoms. The molecule has 0 saturated carbocycles. The lowest BCUT2D eigenvalue weighted by atomic mass is 10.0. The SMILES string of the molecule is Cc1cc2nc(-c3c(C)cccc3C)sc2cc1-c1n(-c2ccccc2)c2ccccc2[n+]1C.Cc1cc2nc(-c3c(C)cccc3C)sc2cc1-c1n(C(C)(C)C)c2ccccc2[n+]1C.Cc1cc2nc(-c3c(C)cccc3C)sc2cc1-c1n(C)c2ccccc2[n+]1C. The third-order valence-corrected chi connectivity index (χ3v) is 22.1. The summed E-state index contributed by atoms with van der Waals surface area (Å²) in [5.41, 5.74) is 30.7. The molecule has 0 N–H and O–H groups in total. The van der Waals surface area contributed by atoms with Gasteiger partial charge in [-0.15, -0.1) is 34.0 Å². The highest BCUT2D eigenvalue weighted by Gasteiger charge is 2.34. The standard InChI is InChI=1S/C30H26N3S.C28H30N3S.C25H24N3S/c1-19-11-10-12-20(2)28(19)29-31-24-17-21(3)23(18-27(24)34-29)30-32(4)25-15-8-9-16-26(25)33(30)22-13-6-5-7-14-22;1-17-11-10-12-18(2)25(17)26-29-21-15-19(3)20(16-24(21)32-26)27-30(7)22-13-8-9-14-23(22)31(27)28(4,5)6;1-15-9-8-10-16(2)23(15)24-26-19-13-17(3)18(14-22(19)29-24)25-27(4)20-11-6-7-12-21(20)28(25)5/h5-18H,1-4H3;8-16H,1-7H3;6-14H,1-5H3/q3*+1. The summed E-state index contributed by atoms with van der Waals surface area (Å²) in [5.74, 6) is 3.63. The number of imidazole rings is 3. The maximum absolute atomic E-state index is 5.05. The Bertz CT molecular complexity index is 5600. The number of fused-ring (bicyclic) bond motifs is 6. The Labute approximate surface area is 568 Å². The number of benzene rings is 10. The van der Waals surface area contributed by atoms with Crippen LogP contribution in [0.4, 0.5) is 0 Å². The van der Waals surface area contributed by atoms with Crippen molar-refractivity contribution in [2.24, 2.45) is 28.2 Å². The molecular formula is C83H80N9S3+3. The first-order chi connectivity index (χ1) is 45.6. The Morgan fingerprint density at radius 2 is 0.663 bits per heavy atom. The number of hydrogen-bond acceptors (Lipinski definition) is 6. The number of para-hydroxylation sites is 7. The second kappa shape index (κ2) is 24.6. The fourth-order valence-electron chi connectivity index (χ4n) is 14.3. The van der Waals surface area contributed by atoms with Crippen molar-refractivity contribution in [2.45, 2.75) is 88.6 Å². The highest BCUT2D eigenvalue weighted by molar-refractivity contribution is 7.22. The summed E-state index contributed by atoms with van der Waals surface area (Å²) < 4.78 is 17.7. The summed E-state index contributed by atoms with van der Waals surface area (Å²) in [6.45, 7) is 26.4. The quantitative estimate of drug-likeness (QED) is 0.149. The minimum absolute atomic E-state index is 0.0469. The van der Waals surface area contributed by atoms with Gasteiger partial charge in [-0.2, -0.15) is 4.57 Å². The van der Waals surface area contributed by atoms with Crippen LogP contribution in [0.3, 0.4) is 0 Å². The monoisotopic (exact) mass is 1300 g/mol. The van der Waals surface area contributed by atoms with E-state index < -0.39 is 0 Å². The third kappa shape index (κ3) is 11.0. The normalized spacial score (nSPS) is 11.8. The van der Waals surface area contributed by atoms with Crippen molar-refractivity contribution in [2.75, 3.05) is 0 Å². The maximum Gasteiger partial charge on any atom is 0.295 e. The van der Waals surface area contributed by atoms with Crippen molar-refractivity contribution in [3.8, 4) is 71.6 Å². The molecule has 10 aromatic carbocycles. The molecule has 6 aromatic heterocycles. The van der Waals surface area contributed by atoms with Crippen molar-refractivity contribution in [3.05, 3.63) is 244 Å². The first-order valence-corrected chi connectivity index (χ1v) is 35.0. The van der Waals surface area contributed by atoms with Gasteiger partial charge in [-0.3, -0.25) is 0 Å². The number of aromatic nitrogens is 9. The molecule has 16 aromatic rings. The summed E-state index contributed by atoms with van der Waals surface area (Å²) in [6.07, 6.45) is 0. The van der Waals surface area contributed by atoms with E-state index in [0.717, 1.165) is 37.3 Å². The van der Waals surface area contributed by atoms with Crippen molar-refractivity contribution in [3.63, 3.8) is 0 Å². The number of nitrogens with zero attached hydrogens (tertiary/aromatic N) is 9. The van der Waals surface area contributed by atoms with Gasteiger partial charge in [0, 0.05) is 16.7 Å². The van der Waals surface area contributed by atoms with Gasteiger partial charge in [-0.1, -0.05) is 109 Å². The van der Waals surface area contributed by atoms with Gasteiger partial charge in [-0.25, -0.2) is 37.8 Å². The highest BCUT2D eigenvalue weighted by Crippen LogP contribution is 2.42. The summed E-state index contributed by atoms with van der Waals surface area (Å²) in [7, 11) is 8.64. The molecule has 0 fully saturated rings. The predicted molar refractivity (Wildman–Crippen MR) is 401 cm³/mol. The van der Waals surface area contributed by atoms with Gasteiger partial charge in [0.2, 0.25) is 0 Å². The van der Waals surface area contributed by atoms with E-state index in [0.29, 0.717) is 0 Å². The van der Waals surface area contributed by atoms with Gasteiger partial charge < -0.3 is 0 Å². The Morgan fingerprint density at radius 3 is 1.07 bits per heavy atom. The van der Waals surface area contributed by atoms with Crippen LogP contribution in [0, 0.1) is 62.3 Å². The fourth-order valence-corrected chi connectivity index (χ4v) is 17.8. The molecule has 6 heterocycles. The molecule has 0 unspecified atom stereocenters. The van der Waals surface area contributed by atoms with Crippen LogP contribution in [0.1, 0.15) is 70.8 Å². The zero-order valence-electron chi connectivity index (χ0n) is 57.2. The molecule has 0 saturated heterocycles. The van der Waals surface area contributed by atoms with Crippen LogP contribution in [-0.4, -0.2) is 28.7 Å². The minimum atomic E-state index is -0.0469. The van der Waals surface area contributed by atoms with E-state index in [2.05, 4.69) is 333 Å². The van der Waals surface area contributed by atoms with Crippen molar-refractivity contribution in [1.82, 2.24) is 28.7 Å². The lowest BCUT2D eigenvalue weighted by Crippen LogP contribution is -2.33. The number of aryl methyl sites for hydroxylation is 13.